The van der Waals surface area contributed by atoms with Crippen molar-refractivity contribution in [3.05, 3.63) is 259 Å². The Morgan fingerprint density at radius 3 is 1.59 bits per heavy atom. The first-order valence-corrected chi connectivity index (χ1v) is 21.9. The molecule has 0 bridgehead atoms. The molecule has 0 atom stereocenters. The molecular formula is C61H39NO2. The molecule has 0 saturated heterocycles. The van der Waals surface area contributed by atoms with Gasteiger partial charge in [-0.15, -0.1) is 0 Å². The van der Waals surface area contributed by atoms with Crippen LogP contribution >= 0.6 is 0 Å². The Hall–Kier alpha value is -8.40. The van der Waals surface area contributed by atoms with Crippen LogP contribution in [0.5, 0.6) is 11.5 Å². The quantitative estimate of drug-likeness (QED) is 0.167. The van der Waals surface area contributed by atoms with E-state index in [9.17, 15) is 0 Å². The SMILES string of the molecule is c1ccc(-c2ccccc2-c2ccccc2-c2ccccc2N(c2ccc3c(c2)C2(c4ccccc4Oc4ccccc42)c2ccccc2-3)c2cccc3c2oc2ccccc23)cc1. The fraction of sp³-hybridized carbons (Fsp3) is 0.0164. The molecule has 1 aliphatic carbocycles. The smallest absolute Gasteiger partial charge is 0.159 e. The summed E-state index contributed by atoms with van der Waals surface area (Å²) >= 11 is 0. The van der Waals surface area contributed by atoms with E-state index in [1.54, 1.807) is 0 Å². The van der Waals surface area contributed by atoms with E-state index < -0.39 is 5.41 Å². The molecule has 0 unspecified atom stereocenters. The Morgan fingerprint density at radius 2 is 0.844 bits per heavy atom. The van der Waals surface area contributed by atoms with Crippen molar-refractivity contribution in [3.8, 4) is 56.0 Å². The maximum Gasteiger partial charge on any atom is 0.159 e. The fourth-order valence-corrected chi connectivity index (χ4v) is 10.7. The van der Waals surface area contributed by atoms with Crippen molar-refractivity contribution in [1.29, 1.82) is 0 Å². The number of ether oxygens (including phenoxy) is 1. The molecular weight excluding hydrogens is 779 g/mol. The number of benzene rings is 10. The summed E-state index contributed by atoms with van der Waals surface area (Å²) in [5, 5.41) is 2.17. The molecule has 0 N–H and O–H groups in total. The van der Waals surface area contributed by atoms with Crippen LogP contribution in [0.1, 0.15) is 22.3 Å². The van der Waals surface area contributed by atoms with Crippen molar-refractivity contribution in [2.45, 2.75) is 5.41 Å². The zero-order chi connectivity index (χ0) is 42.2. The number of anilines is 3. The summed E-state index contributed by atoms with van der Waals surface area (Å²) in [6.45, 7) is 0. The van der Waals surface area contributed by atoms with Gasteiger partial charge in [-0.05, 0) is 92.5 Å². The second-order valence-corrected chi connectivity index (χ2v) is 16.7. The molecule has 3 nitrogen and oxygen atoms in total. The lowest BCUT2D eigenvalue weighted by Gasteiger charge is -2.39. The predicted octanol–water partition coefficient (Wildman–Crippen LogP) is 16.5. The van der Waals surface area contributed by atoms with Crippen molar-refractivity contribution < 1.29 is 9.15 Å². The van der Waals surface area contributed by atoms with Crippen LogP contribution in [-0.2, 0) is 5.41 Å². The molecule has 3 heteroatoms. The van der Waals surface area contributed by atoms with Crippen molar-refractivity contribution in [2.75, 3.05) is 4.90 Å². The molecule has 1 aromatic heterocycles. The Balaban J connectivity index is 1.10. The third-order valence-corrected chi connectivity index (χ3v) is 13.4. The molecule has 0 saturated carbocycles. The second kappa shape index (κ2) is 14.3. The topological polar surface area (TPSA) is 25.6 Å². The average Bonchev–Trinajstić information content (AvgIpc) is 3.89. The van der Waals surface area contributed by atoms with E-state index in [-0.39, 0.29) is 0 Å². The Labute approximate surface area is 371 Å². The van der Waals surface area contributed by atoms with Crippen molar-refractivity contribution >= 4 is 39.0 Å². The van der Waals surface area contributed by atoms with Gasteiger partial charge in [0.2, 0.25) is 0 Å². The minimum absolute atomic E-state index is 0.627. The Kier molecular flexibility index (Phi) is 8.13. The second-order valence-electron chi connectivity index (χ2n) is 16.7. The highest BCUT2D eigenvalue weighted by Gasteiger charge is 2.51. The first-order chi connectivity index (χ1) is 31.8. The van der Waals surface area contributed by atoms with Gasteiger partial charge in [-0.2, -0.15) is 0 Å². The molecule has 300 valence electrons. The number of furan rings is 1. The molecule has 2 heterocycles. The van der Waals surface area contributed by atoms with Gasteiger partial charge in [0.25, 0.3) is 0 Å². The number of hydrogen-bond donors (Lipinski definition) is 0. The highest BCUT2D eigenvalue weighted by molar-refractivity contribution is 6.11. The molecule has 0 fully saturated rings. The van der Waals surface area contributed by atoms with Crippen molar-refractivity contribution in [2.24, 2.45) is 0 Å². The maximum absolute atomic E-state index is 6.90. The van der Waals surface area contributed by atoms with Gasteiger partial charge < -0.3 is 14.1 Å². The lowest BCUT2D eigenvalue weighted by Crippen LogP contribution is -2.32. The molecule has 13 rings (SSSR count). The minimum atomic E-state index is -0.627. The first kappa shape index (κ1) is 36.3. The third kappa shape index (κ3) is 5.28. The molecule has 2 aliphatic rings. The van der Waals surface area contributed by atoms with Gasteiger partial charge in [0.05, 0.1) is 16.8 Å². The van der Waals surface area contributed by atoms with E-state index in [0.717, 1.165) is 78.3 Å². The van der Waals surface area contributed by atoms with E-state index in [4.69, 9.17) is 9.15 Å². The summed E-state index contributed by atoms with van der Waals surface area (Å²) in [5.41, 5.74) is 18.2. The maximum atomic E-state index is 6.90. The molecule has 0 amide bonds. The van der Waals surface area contributed by atoms with Crippen LogP contribution in [0.2, 0.25) is 0 Å². The zero-order valence-corrected chi connectivity index (χ0v) is 34.8. The predicted molar refractivity (Wildman–Crippen MR) is 262 cm³/mol. The van der Waals surface area contributed by atoms with Gasteiger partial charge in [0, 0.05) is 33.2 Å². The van der Waals surface area contributed by atoms with E-state index in [1.807, 2.05) is 6.07 Å². The zero-order valence-electron chi connectivity index (χ0n) is 34.8. The van der Waals surface area contributed by atoms with Gasteiger partial charge in [-0.1, -0.05) is 194 Å². The average molecular weight is 818 g/mol. The summed E-state index contributed by atoms with van der Waals surface area (Å²) < 4.78 is 13.6. The largest absolute Gasteiger partial charge is 0.457 e. The van der Waals surface area contributed by atoms with Crippen LogP contribution in [-0.4, -0.2) is 0 Å². The van der Waals surface area contributed by atoms with E-state index in [2.05, 4.69) is 235 Å². The molecule has 10 aromatic carbocycles. The summed E-state index contributed by atoms with van der Waals surface area (Å²) in [7, 11) is 0. The third-order valence-electron chi connectivity index (χ3n) is 13.4. The number of para-hydroxylation sites is 5. The van der Waals surface area contributed by atoms with Gasteiger partial charge in [-0.25, -0.2) is 0 Å². The van der Waals surface area contributed by atoms with Crippen LogP contribution in [0, 0.1) is 0 Å². The normalized spacial score (nSPS) is 12.9. The molecule has 0 radical (unpaired) electrons. The van der Waals surface area contributed by atoms with Crippen LogP contribution in [0.3, 0.4) is 0 Å². The van der Waals surface area contributed by atoms with Gasteiger partial charge in [0.1, 0.15) is 17.1 Å². The molecule has 64 heavy (non-hydrogen) atoms. The first-order valence-electron chi connectivity index (χ1n) is 21.9. The van der Waals surface area contributed by atoms with E-state index >= 15 is 0 Å². The van der Waals surface area contributed by atoms with Gasteiger partial charge in [-0.3, -0.25) is 0 Å². The van der Waals surface area contributed by atoms with E-state index in [1.165, 1.54) is 38.9 Å². The monoisotopic (exact) mass is 817 g/mol. The van der Waals surface area contributed by atoms with Crippen LogP contribution in [0.4, 0.5) is 17.1 Å². The summed E-state index contributed by atoms with van der Waals surface area (Å²) in [5.74, 6) is 1.74. The van der Waals surface area contributed by atoms with Gasteiger partial charge >= 0.3 is 0 Å². The Morgan fingerprint density at radius 1 is 0.328 bits per heavy atom. The van der Waals surface area contributed by atoms with E-state index in [0.29, 0.717) is 0 Å². The highest BCUT2D eigenvalue weighted by atomic mass is 16.5. The highest BCUT2D eigenvalue weighted by Crippen LogP contribution is 2.63. The van der Waals surface area contributed by atoms with Crippen LogP contribution < -0.4 is 9.64 Å². The van der Waals surface area contributed by atoms with Crippen molar-refractivity contribution in [3.63, 3.8) is 0 Å². The molecule has 1 spiro atoms. The van der Waals surface area contributed by atoms with Crippen LogP contribution in [0.15, 0.2) is 241 Å². The molecule has 11 aromatic rings. The van der Waals surface area contributed by atoms with Crippen LogP contribution in [0.25, 0.3) is 66.4 Å². The molecule has 1 aliphatic heterocycles. The number of nitrogens with zero attached hydrogens (tertiary/aromatic N) is 1. The lowest BCUT2D eigenvalue weighted by molar-refractivity contribution is 0.436. The Bertz CT molecular complexity index is 3570. The van der Waals surface area contributed by atoms with Gasteiger partial charge in [0.15, 0.2) is 5.58 Å². The summed E-state index contributed by atoms with van der Waals surface area (Å²) in [4.78, 5) is 2.42. The number of rotatable bonds is 6. The minimum Gasteiger partial charge on any atom is -0.457 e. The lowest BCUT2D eigenvalue weighted by atomic mass is 9.66. The standard InChI is InChI=1S/C61H39NO2/c1-2-19-40(20-3-1)42-21-4-5-22-43(42)44-23-6-7-24-45(44)48-26-9-14-32-55(48)62(56-33-18-28-50-49-27-10-15-34-57(49)64-60(50)56)41-37-38-47-46-25-8-11-29-51(46)61(54(47)39-41)52-30-12-16-35-58(52)63-59-36-17-13-31-53(59)61/h1-39H. The van der Waals surface area contributed by atoms with Crippen molar-refractivity contribution in [1.82, 2.24) is 0 Å². The summed E-state index contributed by atoms with van der Waals surface area (Å²) in [6.07, 6.45) is 0. The fourth-order valence-electron chi connectivity index (χ4n) is 10.7. The number of fused-ring (bicyclic) bond motifs is 12. The summed E-state index contributed by atoms with van der Waals surface area (Å²) in [6, 6.07) is 85.1. The number of hydrogen-bond acceptors (Lipinski definition) is 3.